The Morgan fingerprint density at radius 3 is 2.73 bits per heavy atom. The SMILES string of the molecule is CCC1c2ccsc2CCN1C(=O)CN(Cc1ccc(F)cc1)C1CC1. The maximum atomic E-state index is 13.2. The van der Waals surface area contributed by atoms with Crippen molar-refractivity contribution in [2.24, 2.45) is 0 Å². The Balaban J connectivity index is 1.46. The van der Waals surface area contributed by atoms with Gasteiger partial charge in [-0.2, -0.15) is 0 Å². The van der Waals surface area contributed by atoms with Crippen LogP contribution in [0.3, 0.4) is 0 Å². The summed E-state index contributed by atoms with van der Waals surface area (Å²) in [6.45, 7) is 4.15. The molecule has 1 aliphatic carbocycles. The average Bonchev–Trinajstić information content (AvgIpc) is 3.39. The molecule has 1 aromatic carbocycles. The molecule has 1 aromatic heterocycles. The summed E-state index contributed by atoms with van der Waals surface area (Å²) < 4.78 is 13.2. The summed E-state index contributed by atoms with van der Waals surface area (Å²) in [5.41, 5.74) is 2.41. The minimum atomic E-state index is -0.214. The molecule has 26 heavy (non-hydrogen) atoms. The zero-order chi connectivity index (χ0) is 18.1. The fourth-order valence-electron chi connectivity index (χ4n) is 3.98. The minimum absolute atomic E-state index is 0.212. The minimum Gasteiger partial charge on any atom is -0.334 e. The zero-order valence-electron chi connectivity index (χ0n) is 15.2. The Labute approximate surface area is 158 Å². The highest BCUT2D eigenvalue weighted by Gasteiger charge is 2.34. The Kier molecular flexibility index (Phi) is 5.09. The molecule has 3 nitrogen and oxygen atoms in total. The summed E-state index contributed by atoms with van der Waals surface area (Å²) in [4.78, 5) is 18.9. The van der Waals surface area contributed by atoms with Gasteiger partial charge in [-0.1, -0.05) is 19.1 Å². The smallest absolute Gasteiger partial charge is 0.237 e. The van der Waals surface area contributed by atoms with Crippen molar-refractivity contribution in [3.63, 3.8) is 0 Å². The first-order valence-electron chi connectivity index (χ1n) is 9.50. The van der Waals surface area contributed by atoms with Crippen molar-refractivity contribution in [1.29, 1.82) is 0 Å². The molecule has 2 aliphatic rings. The predicted octanol–water partition coefficient (Wildman–Crippen LogP) is 4.39. The number of nitrogens with zero attached hydrogens (tertiary/aromatic N) is 2. The van der Waals surface area contributed by atoms with Crippen molar-refractivity contribution in [1.82, 2.24) is 9.80 Å². The van der Waals surface area contributed by atoms with Gasteiger partial charge in [-0.3, -0.25) is 9.69 Å². The van der Waals surface area contributed by atoms with E-state index >= 15 is 0 Å². The molecule has 1 atom stereocenters. The van der Waals surface area contributed by atoms with Crippen molar-refractivity contribution in [3.05, 3.63) is 57.5 Å². The van der Waals surface area contributed by atoms with Gasteiger partial charge in [0.25, 0.3) is 0 Å². The Bertz CT molecular complexity index is 769. The third-order valence-corrected chi connectivity index (χ3v) is 6.50. The molecule has 1 aliphatic heterocycles. The van der Waals surface area contributed by atoms with E-state index in [0.29, 0.717) is 19.1 Å². The quantitative estimate of drug-likeness (QED) is 0.751. The van der Waals surface area contributed by atoms with Gasteiger partial charge in [0.15, 0.2) is 0 Å². The molecule has 138 valence electrons. The molecule has 0 N–H and O–H groups in total. The lowest BCUT2D eigenvalue weighted by Crippen LogP contribution is -2.45. The van der Waals surface area contributed by atoms with Gasteiger partial charge in [-0.15, -0.1) is 11.3 Å². The number of benzene rings is 1. The van der Waals surface area contributed by atoms with Gasteiger partial charge >= 0.3 is 0 Å². The van der Waals surface area contributed by atoms with E-state index in [4.69, 9.17) is 0 Å². The number of rotatable bonds is 6. The summed E-state index contributed by atoms with van der Waals surface area (Å²) in [5, 5.41) is 2.15. The number of fused-ring (bicyclic) bond motifs is 1. The van der Waals surface area contributed by atoms with Gasteiger partial charge in [0.2, 0.25) is 5.91 Å². The second-order valence-electron chi connectivity index (χ2n) is 7.32. The highest BCUT2D eigenvalue weighted by atomic mass is 32.1. The van der Waals surface area contributed by atoms with Crippen molar-refractivity contribution < 1.29 is 9.18 Å². The summed E-state index contributed by atoms with van der Waals surface area (Å²) in [6, 6.07) is 9.53. The molecular formula is C21H25FN2OS. The molecule has 0 spiro atoms. The topological polar surface area (TPSA) is 23.6 Å². The Hall–Kier alpha value is -1.72. The van der Waals surface area contributed by atoms with Gasteiger partial charge < -0.3 is 4.90 Å². The first kappa shape index (κ1) is 17.7. The molecule has 1 fully saturated rings. The monoisotopic (exact) mass is 372 g/mol. The van der Waals surface area contributed by atoms with E-state index in [-0.39, 0.29) is 17.8 Å². The predicted molar refractivity (Wildman–Crippen MR) is 103 cm³/mol. The van der Waals surface area contributed by atoms with Gasteiger partial charge in [-0.05, 0) is 60.4 Å². The van der Waals surface area contributed by atoms with Gasteiger partial charge in [0.05, 0.1) is 12.6 Å². The Morgan fingerprint density at radius 1 is 1.27 bits per heavy atom. The van der Waals surface area contributed by atoms with Crippen molar-refractivity contribution in [3.8, 4) is 0 Å². The van der Waals surface area contributed by atoms with Crippen LogP contribution >= 0.6 is 11.3 Å². The second kappa shape index (κ2) is 7.49. The van der Waals surface area contributed by atoms with Crippen LogP contribution in [0.2, 0.25) is 0 Å². The van der Waals surface area contributed by atoms with Crippen LogP contribution in [0.4, 0.5) is 4.39 Å². The molecule has 4 rings (SSSR count). The normalized spacial score (nSPS) is 19.7. The number of halogens is 1. The number of hydrogen-bond acceptors (Lipinski definition) is 3. The lowest BCUT2D eigenvalue weighted by molar-refractivity contribution is -0.135. The fraction of sp³-hybridized carbons (Fsp3) is 0.476. The lowest BCUT2D eigenvalue weighted by Gasteiger charge is -2.37. The third-order valence-electron chi connectivity index (χ3n) is 5.50. The third kappa shape index (κ3) is 3.69. The number of carbonyl (C=O) groups excluding carboxylic acids is 1. The van der Waals surface area contributed by atoms with Crippen LogP contribution in [0, 0.1) is 5.82 Å². The molecule has 5 heteroatoms. The van der Waals surface area contributed by atoms with Crippen LogP contribution in [-0.2, 0) is 17.8 Å². The number of carbonyl (C=O) groups is 1. The van der Waals surface area contributed by atoms with E-state index in [0.717, 1.165) is 37.8 Å². The molecule has 0 saturated heterocycles. The summed E-state index contributed by atoms with van der Waals surface area (Å²) >= 11 is 1.81. The highest BCUT2D eigenvalue weighted by molar-refractivity contribution is 7.10. The molecule has 0 bridgehead atoms. The number of thiophene rings is 1. The first-order valence-corrected chi connectivity index (χ1v) is 10.4. The zero-order valence-corrected chi connectivity index (χ0v) is 16.0. The van der Waals surface area contributed by atoms with E-state index in [9.17, 15) is 9.18 Å². The molecule has 1 saturated carbocycles. The largest absolute Gasteiger partial charge is 0.334 e. The van der Waals surface area contributed by atoms with Crippen molar-refractivity contribution in [2.45, 2.75) is 51.2 Å². The summed E-state index contributed by atoms with van der Waals surface area (Å²) in [5.74, 6) is 0.0104. The number of hydrogen-bond donors (Lipinski definition) is 0. The lowest BCUT2D eigenvalue weighted by atomic mass is 9.97. The first-order chi connectivity index (χ1) is 12.7. The van der Waals surface area contributed by atoms with E-state index in [1.807, 2.05) is 23.5 Å². The van der Waals surface area contributed by atoms with Crippen LogP contribution in [0.5, 0.6) is 0 Å². The van der Waals surface area contributed by atoms with Gasteiger partial charge in [-0.25, -0.2) is 4.39 Å². The maximum absolute atomic E-state index is 13.2. The van der Waals surface area contributed by atoms with E-state index < -0.39 is 0 Å². The van der Waals surface area contributed by atoms with E-state index in [1.165, 1.54) is 22.6 Å². The van der Waals surface area contributed by atoms with E-state index in [1.54, 1.807) is 0 Å². The highest BCUT2D eigenvalue weighted by Crippen LogP contribution is 2.36. The summed E-state index contributed by atoms with van der Waals surface area (Å²) in [7, 11) is 0. The maximum Gasteiger partial charge on any atom is 0.237 e. The van der Waals surface area contributed by atoms with Crippen LogP contribution < -0.4 is 0 Å². The molecule has 0 radical (unpaired) electrons. The van der Waals surface area contributed by atoms with Crippen LogP contribution in [0.1, 0.15) is 48.2 Å². The Morgan fingerprint density at radius 2 is 2.04 bits per heavy atom. The average molecular weight is 373 g/mol. The molecule has 2 heterocycles. The van der Waals surface area contributed by atoms with Crippen molar-refractivity contribution >= 4 is 17.2 Å². The molecular weight excluding hydrogens is 347 g/mol. The van der Waals surface area contributed by atoms with Crippen molar-refractivity contribution in [2.75, 3.05) is 13.1 Å². The van der Waals surface area contributed by atoms with Gasteiger partial charge in [0, 0.05) is 24.0 Å². The van der Waals surface area contributed by atoms with Gasteiger partial charge in [0.1, 0.15) is 5.82 Å². The van der Waals surface area contributed by atoms with Crippen LogP contribution in [0.15, 0.2) is 35.7 Å². The van der Waals surface area contributed by atoms with E-state index in [2.05, 4.69) is 28.2 Å². The number of amides is 1. The molecule has 1 amide bonds. The summed E-state index contributed by atoms with van der Waals surface area (Å²) in [6.07, 6.45) is 4.23. The standard InChI is InChI=1S/C21H25FN2OS/c1-2-19-18-10-12-26-20(18)9-11-24(19)21(25)14-23(17-7-8-17)13-15-3-5-16(22)6-4-15/h3-6,10,12,17,19H,2,7-9,11,13-14H2,1H3. The second-order valence-corrected chi connectivity index (χ2v) is 8.32. The molecule has 2 aromatic rings. The fourth-order valence-corrected chi connectivity index (χ4v) is 4.91. The molecule has 1 unspecified atom stereocenters. The van der Waals surface area contributed by atoms with Crippen LogP contribution in [0.25, 0.3) is 0 Å². The van der Waals surface area contributed by atoms with Crippen LogP contribution in [-0.4, -0.2) is 34.8 Å².